The molecule has 1 heterocycles. The molecule has 1 fully saturated rings. The predicted octanol–water partition coefficient (Wildman–Crippen LogP) is 2.69. The van der Waals surface area contributed by atoms with Crippen molar-refractivity contribution in [2.45, 2.75) is 37.2 Å². The van der Waals surface area contributed by atoms with Crippen LogP contribution in [0, 0.1) is 6.92 Å². The molecule has 1 aliphatic rings. The molecule has 1 aromatic carbocycles. The number of hydrogen-bond acceptors (Lipinski definition) is 2. The third-order valence-corrected chi connectivity index (χ3v) is 5.81. The smallest absolute Gasteiger partial charge is 0.243 e. The van der Waals surface area contributed by atoms with E-state index in [0.717, 1.165) is 24.1 Å². The minimum absolute atomic E-state index is 0.144. The Morgan fingerprint density at radius 3 is 2.57 bits per heavy atom. The van der Waals surface area contributed by atoms with Gasteiger partial charge < -0.3 is 4.57 Å². The van der Waals surface area contributed by atoms with Gasteiger partial charge in [-0.1, -0.05) is 12.1 Å². The Labute approximate surface area is 126 Å². The molecule has 4 nitrogen and oxygen atoms in total. The molecule has 0 radical (unpaired) electrons. The van der Waals surface area contributed by atoms with Crippen LogP contribution in [0.5, 0.6) is 0 Å². The van der Waals surface area contributed by atoms with Gasteiger partial charge in [-0.05, 0) is 49.6 Å². The maximum absolute atomic E-state index is 12.9. The third kappa shape index (κ3) is 2.89. The van der Waals surface area contributed by atoms with Gasteiger partial charge in [-0.25, -0.2) is 8.42 Å². The highest BCUT2D eigenvalue weighted by Gasteiger charge is 2.38. The summed E-state index contributed by atoms with van der Waals surface area (Å²) in [6, 6.07) is 11.2. The third-order valence-electron chi connectivity index (χ3n) is 3.92. The molecule has 0 spiro atoms. The second-order valence-corrected chi connectivity index (χ2v) is 7.60. The molecule has 1 aromatic heterocycles. The molecule has 5 heteroatoms. The number of aryl methyl sites for hydroxylation is 2. The first kappa shape index (κ1) is 14.4. The molecule has 1 aliphatic carbocycles. The molecule has 0 amide bonds. The monoisotopic (exact) mass is 304 g/mol. The van der Waals surface area contributed by atoms with Crippen molar-refractivity contribution >= 4 is 10.0 Å². The van der Waals surface area contributed by atoms with E-state index in [4.69, 9.17) is 0 Å². The Morgan fingerprint density at radius 1 is 1.24 bits per heavy atom. The molecule has 2 aromatic rings. The number of nitrogens with zero attached hydrogens (tertiary/aromatic N) is 2. The van der Waals surface area contributed by atoms with Gasteiger partial charge in [-0.15, -0.1) is 0 Å². The van der Waals surface area contributed by atoms with Gasteiger partial charge in [0.15, 0.2) is 0 Å². The molecule has 0 bridgehead atoms. The Hall–Kier alpha value is -1.59. The van der Waals surface area contributed by atoms with Crippen LogP contribution in [0.1, 0.15) is 24.1 Å². The van der Waals surface area contributed by atoms with Crippen LogP contribution in [-0.2, 0) is 23.6 Å². The molecule has 1 saturated carbocycles. The van der Waals surface area contributed by atoms with Crippen molar-refractivity contribution in [3.63, 3.8) is 0 Å². The lowest BCUT2D eigenvalue weighted by atomic mass is 10.2. The average molecular weight is 304 g/mol. The molecule has 0 unspecified atom stereocenters. The first-order valence-electron chi connectivity index (χ1n) is 7.17. The van der Waals surface area contributed by atoms with Crippen molar-refractivity contribution in [3.05, 3.63) is 53.9 Å². The van der Waals surface area contributed by atoms with Gasteiger partial charge in [0.1, 0.15) is 0 Å². The molecule has 112 valence electrons. The minimum atomic E-state index is -3.43. The molecule has 21 heavy (non-hydrogen) atoms. The average Bonchev–Trinajstić information content (AvgIpc) is 3.19. The summed E-state index contributed by atoms with van der Waals surface area (Å²) in [5.41, 5.74) is 1.98. The number of benzene rings is 1. The number of aromatic nitrogens is 1. The van der Waals surface area contributed by atoms with Gasteiger partial charge in [0, 0.05) is 25.0 Å². The second kappa shape index (κ2) is 5.31. The Balaban J connectivity index is 1.95. The predicted molar refractivity (Wildman–Crippen MR) is 82.3 cm³/mol. The molecule has 0 atom stereocenters. The van der Waals surface area contributed by atoms with Crippen LogP contribution in [-0.4, -0.2) is 23.3 Å². The lowest BCUT2D eigenvalue weighted by Crippen LogP contribution is -2.33. The SMILES string of the molecule is Cc1cccc(S(=O)(=O)N(Cc2cccn2C)C2CC2)c1. The fourth-order valence-electron chi connectivity index (χ4n) is 2.50. The molecular formula is C16H20N2O2S. The van der Waals surface area contributed by atoms with E-state index < -0.39 is 10.0 Å². The number of hydrogen-bond donors (Lipinski definition) is 0. The summed E-state index contributed by atoms with van der Waals surface area (Å²) in [6.45, 7) is 2.35. The van der Waals surface area contributed by atoms with Crippen molar-refractivity contribution in [1.82, 2.24) is 8.87 Å². The van der Waals surface area contributed by atoms with Crippen molar-refractivity contribution in [3.8, 4) is 0 Å². The highest BCUT2D eigenvalue weighted by molar-refractivity contribution is 7.89. The first-order chi connectivity index (χ1) is 9.98. The summed E-state index contributed by atoms with van der Waals surface area (Å²) in [5.74, 6) is 0. The second-order valence-electron chi connectivity index (χ2n) is 5.71. The van der Waals surface area contributed by atoms with Gasteiger partial charge in [0.25, 0.3) is 0 Å². The van der Waals surface area contributed by atoms with E-state index in [9.17, 15) is 8.42 Å². The van der Waals surface area contributed by atoms with Gasteiger partial charge in [-0.2, -0.15) is 4.31 Å². The molecular weight excluding hydrogens is 284 g/mol. The van der Waals surface area contributed by atoms with Gasteiger partial charge in [0.2, 0.25) is 10.0 Å². The van der Waals surface area contributed by atoms with Crippen LogP contribution in [0.2, 0.25) is 0 Å². The summed E-state index contributed by atoms with van der Waals surface area (Å²) >= 11 is 0. The molecule has 0 N–H and O–H groups in total. The van der Waals surface area contributed by atoms with Gasteiger partial charge in [0.05, 0.1) is 11.4 Å². The Kier molecular flexibility index (Phi) is 3.63. The lowest BCUT2D eigenvalue weighted by molar-refractivity contribution is 0.390. The topological polar surface area (TPSA) is 42.3 Å². The van der Waals surface area contributed by atoms with E-state index in [1.54, 1.807) is 22.5 Å². The van der Waals surface area contributed by atoms with Gasteiger partial charge in [-0.3, -0.25) is 0 Å². The summed E-state index contributed by atoms with van der Waals surface area (Å²) < 4.78 is 29.5. The maximum Gasteiger partial charge on any atom is 0.243 e. The normalized spacial score (nSPS) is 15.6. The highest BCUT2D eigenvalue weighted by atomic mass is 32.2. The zero-order valence-corrected chi connectivity index (χ0v) is 13.2. The summed E-state index contributed by atoms with van der Waals surface area (Å²) in [7, 11) is -1.49. The van der Waals surface area contributed by atoms with Crippen molar-refractivity contribution in [2.24, 2.45) is 7.05 Å². The highest BCUT2D eigenvalue weighted by Crippen LogP contribution is 2.33. The van der Waals surface area contributed by atoms with E-state index in [-0.39, 0.29) is 6.04 Å². The lowest BCUT2D eigenvalue weighted by Gasteiger charge is -2.22. The Morgan fingerprint density at radius 2 is 2.00 bits per heavy atom. The molecule has 3 rings (SSSR count). The molecule has 0 aliphatic heterocycles. The number of rotatable bonds is 5. The van der Waals surface area contributed by atoms with E-state index >= 15 is 0 Å². The van der Waals surface area contributed by atoms with E-state index in [1.807, 2.05) is 42.9 Å². The van der Waals surface area contributed by atoms with Crippen LogP contribution >= 0.6 is 0 Å². The van der Waals surface area contributed by atoms with Gasteiger partial charge >= 0.3 is 0 Å². The minimum Gasteiger partial charge on any atom is -0.353 e. The van der Waals surface area contributed by atoms with Crippen LogP contribution < -0.4 is 0 Å². The summed E-state index contributed by atoms with van der Waals surface area (Å²) in [6.07, 6.45) is 3.85. The molecule has 0 saturated heterocycles. The quantitative estimate of drug-likeness (QED) is 0.852. The van der Waals surface area contributed by atoms with E-state index in [0.29, 0.717) is 11.4 Å². The van der Waals surface area contributed by atoms with Crippen LogP contribution in [0.25, 0.3) is 0 Å². The largest absolute Gasteiger partial charge is 0.353 e. The zero-order chi connectivity index (χ0) is 15.0. The van der Waals surface area contributed by atoms with Crippen LogP contribution in [0.4, 0.5) is 0 Å². The van der Waals surface area contributed by atoms with Crippen molar-refractivity contribution < 1.29 is 8.42 Å². The summed E-state index contributed by atoms with van der Waals surface area (Å²) in [4.78, 5) is 0.392. The first-order valence-corrected chi connectivity index (χ1v) is 8.61. The van der Waals surface area contributed by atoms with Crippen molar-refractivity contribution in [2.75, 3.05) is 0 Å². The van der Waals surface area contributed by atoms with E-state index in [2.05, 4.69) is 0 Å². The zero-order valence-electron chi connectivity index (χ0n) is 12.4. The number of sulfonamides is 1. The van der Waals surface area contributed by atoms with Crippen LogP contribution in [0.15, 0.2) is 47.5 Å². The van der Waals surface area contributed by atoms with Crippen molar-refractivity contribution in [1.29, 1.82) is 0 Å². The Bertz CT molecular complexity index is 745. The fraction of sp³-hybridized carbons (Fsp3) is 0.375. The van der Waals surface area contributed by atoms with E-state index in [1.165, 1.54) is 0 Å². The summed E-state index contributed by atoms with van der Waals surface area (Å²) in [5, 5.41) is 0. The standard InChI is InChI=1S/C16H20N2O2S/c1-13-5-3-7-16(11-13)21(19,20)18(14-8-9-14)12-15-6-4-10-17(15)2/h3-7,10-11,14H,8-9,12H2,1-2H3. The fourth-order valence-corrected chi connectivity index (χ4v) is 4.27. The maximum atomic E-state index is 12.9. The van der Waals surface area contributed by atoms with Crippen LogP contribution in [0.3, 0.4) is 0 Å².